The topological polar surface area (TPSA) is 0 Å². The first kappa shape index (κ1) is 85.8. The van der Waals surface area contributed by atoms with Crippen molar-refractivity contribution in [3.05, 3.63) is 342 Å². The molecule has 3 aliphatic carbocycles. The van der Waals surface area contributed by atoms with Gasteiger partial charge in [0, 0.05) is 0 Å². The SMILES string of the molecule is CC(C)C.Cc1c(C)c(C)c(C)c(C)c1C.Cc1c(C)c(C)c(C2CCc3c(C)c(C)c(C)c(C)c3C2)c(C)c1C.Cc1c(C)c(C)c2c(c1C)CCC(c1ccc(Cc3ccc(C4CCc5c(C)c(C)c(C)c(C)c5C4)cc3)cc1)C2.Cc1cc(C)c(C)c(C)c1C.Cc1ccc(Cc2ccc(C)cc2)cc1. The van der Waals surface area contributed by atoms with Gasteiger partial charge in [0.15, 0.2) is 0 Å². The molecule has 0 aliphatic heterocycles. The summed E-state index contributed by atoms with van der Waals surface area (Å²) in [7, 11) is 0. The van der Waals surface area contributed by atoms with Gasteiger partial charge >= 0.3 is 0 Å². The third kappa shape index (κ3) is 19.3. The van der Waals surface area contributed by atoms with Crippen molar-refractivity contribution in [3.8, 4) is 0 Å². The molecule has 0 saturated heterocycles. The fourth-order valence-electron chi connectivity index (χ4n) is 18.0. The molecule has 0 spiro atoms. The number of benzene rings is 10. The Morgan fingerprint density at radius 3 is 0.676 bits per heavy atom. The molecule has 10 aromatic carbocycles. The van der Waals surface area contributed by atoms with Crippen molar-refractivity contribution < 1.29 is 0 Å². The summed E-state index contributed by atoms with van der Waals surface area (Å²) in [4.78, 5) is 0. The Bertz CT molecular complexity index is 4520. The van der Waals surface area contributed by atoms with Gasteiger partial charge < -0.3 is 0 Å². The lowest BCUT2D eigenvalue weighted by molar-refractivity contribution is 0.573. The highest BCUT2D eigenvalue weighted by Crippen LogP contribution is 2.44. The van der Waals surface area contributed by atoms with Gasteiger partial charge in [0.1, 0.15) is 0 Å². The first-order chi connectivity index (χ1) is 50.8. The molecule has 13 rings (SSSR count). The lowest BCUT2D eigenvalue weighted by atomic mass is 9.72. The van der Waals surface area contributed by atoms with Crippen LogP contribution in [0.4, 0.5) is 0 Å². The molecule has 0 aromatic heterocycles. The van der Waals surface area contributed by atoms with Gasteiger partial charge in [0.25, 0.3) is 0 Å². The minimum Gasteiger partial charge on any atom is -0.0630 e. The number of hydrogen-bond acceptors (Lipinski definition) is 0. The van der Waals surface area contributed by atoms with Gasteiger partial charge in [-0.15, -0.1) is 0 Å². The summed E-state index contributed by atoms with van der Waals surface area (Å²) >= 11 is 0. The van der Waals surface area contributed by atoms with E-state index in [2.05, 4.69) is 332 Å². The van der Waals surface area contributed by atoms with Gasteiger partial charge in [-0.2, -0.15) is 0 Å². The molecule has 0 N–H and O–H groups in total. The van der Waals surface area contributed by atoms with Crippen LogP contribution in [0.2, 0.25) is 0 Å². The Kier molecular flexibility index (Phi) is 29.2. The Labute approximate surface area is 660 Å². The summed E-state index contributed by atoms with van der Waals surface area (Å²) in [6, 6.07) is 38.9. The van der Waals surface area contributed by atoms with E-state index in [1.165, 1.54) is 247 Å². The normalized spacial score (nSPS) is 14.8. The van der Waals surface area contributed by atoms with Crippen LogP contribution in [0, 0.1) is 214 Å². The van der Waals surface area contributed by atoms with Crippen LogP contribution in [-0.4, -0.2) is 0 Å². The zero-order chi connectivity index (χ0) is 79.9. The number of fused-ring (bicyclic) bond motifs is 3. The molecule has 3 atom stereocenters. The van der Waals surface area contributed by atoms with Crippen LogP contribution < -0.4 is 0 Å². The Morgan fingerprint density at radius 1 is 0.222 bits per heavy atom. The maximum absolute atomic E-state index is 2.41. The standard InChI is InChI=1S/C41H48.C25H34.C15H16.C12H18.C11H16.C4H10/c1-24-26(3)30(7)40-22-36(17-19-38(40)28(24)5)34-13-9-32(10-14-34)21-33-11-15-35(16-12-33)37-18-20-39-29(6)25(2)27(4)31(8)41(39)23-37;1-13-16(4)20(8)25(21(9)17(13)5)22-10-11-23-18(6)14(2)15(3)19(7)24(23)12-22;1-12-3-7-14(8-4-12)11-15-9-5-13(2)6-10-15;1-7-8(2)10(4)12(6)11(5)9(7)3;1-7-6-8(2)10(4)11(5)9(7)3;1-4(2)3/h9-16,36-37H,17-23H2,1-8H3;22H,10-12H2,1-9H3;3-10H,11H2,1-2H3;1-6H3;6H,1-5H3;4H,1-3H3. The van der Waals surface area contributed by atoms with E-state index in [0.29, 0.717) is 17.8 Å². The summed E-state index contributed by atoms with van der Waals surface area (Å²) < 4.78 is 0. The van der Waals surface area contributed by atoms with Crippen LogP contribution in [0.25, 0.3) is 0 Å². The predicted molar refractivity (Wildman–Crippen MR) is 477 cm³/mol. The van der Waals surface area contributed by atoms with Crippen molar-refractivity contribution in [1.82, 2.24) is 0 Å². The molecule has 0 saturated carbocycles. The van der Waals surface area contributed by atoms with E-state index < -0.39 is 0 Å². The molecule has 0 bridgehead atoms. The van der Waals surface area contributed by atoms with E-state index in [4.69, 9.17) is 0 Å². The number of hydrogen-bond donors (Lipinski definition) is 0. The highest BCUT2D eigenvalue weighted by molar-refractivity contribution is 5.58. The van der Waals surface area contributed by atoms with Crippen LogP contribution in [-0.2, 0) is 51.4 Å². The molecule has 3 unspecified atom stereocenters. The first-order valence-corrected chi connectivity index (χ1v) is 41.4. The molecule has 0 amide bonds. The minimum absolute atomic E-state index is 0.636. The zero-order valence-corrected chi connectivity index (χ0v) is 74.4. The summed E-state index contributed by atoms with van der Waals surface area (Å²) in [5.74, 6) is 2.78. The maximum atomic E-state index is 2.41. The second-order valence-electron chi connectivity index (χ2n) is 34.9. The Hall–Kier alpha value is -7.80. The van der Waals surface area contributed by atoms with Gasteiger partial charge in [-0.05, 0) is 530 Å². The quantitative estimate of drug-likeness (QED) is 0.149. The second-order valence-corrected chi connectivity index (χ2v) is 34.9. The van der Waals surface area contributed by atoms with Crippen molar-refractivity contribution in [2.45, 2.75) is 317 Å². The molecule has 574 valence electrons. The van der Waals surface area contributed by atoms with Crippen LogP contribution in [0.15, 0.2) is 103 Å². The first-order valence-electron chi connectivity index (χ1n) is 41.4. The zero-order valence-electron chi connectivity index (χ0n) is 74.4. The van der Waals surface area contributed by atoms with Crippen molar-refractivity contribution in [2.75, 3.05) is 0 Å². The molecule has 0 heteroatoms. The highest BCUT2D eigenvalue weighted by Gasteiger charge is 2.30. The predicted octanol–water partition coefficient (Wildman–Crippen LogP) is 29.3. The molecule has 10 aromatic rings. The molecule has 0 fully saturated rings. The molecule has 108 heavy (non-hydrogen) atoms. The lowest BCUT2D eigenvalue weighted by Crippen LogP contribution is -2.19. The number of rotatable bonds is 7. The third-order valence-electron chi connectivity index (χ3n) is 28.0. The fraction of sp³-hybridized carbons (Fsp3) is 0.444. The van der Waals surface area contributed by atoms with Gasteiger partial charge in [0.05, 0.1) is 0 Å². The lowest BCUT2D eigenvalue weighted by Gasteiger charge is -2.33. The second kappa shape index (κ2) is 36.8. The van der Waals surface area contributed by atoms with Crippen molar-refractivity contribution in [1.29, 1.82) is 0 Å². The van der Waals surface area contributed by atoms with E-state index in [1.54, 1.807) is 50.1 Å². The third-order valence-corrected chi connectivity index (χ3v) is 28.0. The van der Waals surface area contributed by atoms with Crippen LogP contribution in [0.3, 0.4) is 0 Å². The molecule has 0 radical (unpaired) electrons. The summed E-state index contributed by atoms with van der Waals surface area (Å²) in [5, 5.41) is 0. The van der Waals surface area contributed by atoms with Crippen LogP contribution >= 0.6 is 0 Å². The van der Waals surface area contributed by atoms with Crippen molar-refractivity contribution >= 4 is 0 Å². The van der Waals surface area contributed by atoms with E-state index in [-0.39, 0.29) is 0 Å². The minimum atomic E-state index is 0.636. The smallest absolute Gasteiger partial charge is 0.00258 e. The average molecular weight is 1440 g/mol. The van der Waals surface area contributed by atoms with Crippen LogP contribution in [0.1, 0.15) is 297 Å². The van der Waals surface area contributed by atoms with Crippen molar-refractivity contribution in [3.63, 3.8) is 0 Å². The van der Waals surface area contributed by atoms with E-state index in [0.717, 1.165) is 18.8 Å². The van der Waals surface area contributed by atoms with Crippen LogP contribution in [0.5, 0.6) is 0 Å². The maximum Gasteiger partial charge on any atom is -0.00258 e. The summed E-state index contributed by atoms with van der Waals surface area (Å²) in [5.41, 5.74) is 64.3. The Balaban J connectivity index is 0.000000185. The molecule has 0 heterocycles. The monoisotopic (exact) mass is 1440 g/mol. The highest BCUT2D eigenvalue weighted by atomic mass is 14.3. The van der Waals surface area contributed by atoms with Gasteiger partial charge in [-0.3, -0.25) is 0 Å². The van der Waals surface area contributed by atoms with Gasteiger partial charge in [-0.1, -0.05) is 135 Å². The molecule has 3 aliphatic rings. The largest absolute Gasteiger partial charge is 0.0630 e. The Morgan fingerprint density at radius 2 is 0.417 bits per heavy atom. The van der Waals surface area contributed by atoms with Gasteiger partial charge in [-0.25, -0.2) is 0 Å². The fourth-order valence-corrected chi connectivity index (χ4v) is 18.0. The number of aryl methyl sites for hydroxylation is 4. The summed E-state index contributed by atoms with van der Waals surface area (Å²) in [6.45, 7) is 74.4. The van der Waals surface area contributed by atoms with E-state index >= 15 is 0 Å². The summed E-state index contributed by atoms with van der Waals surface area (Å²) in [6.07, 6.45) is 13.1. The molecular formula is C108H142. The van der Waals surface area contributed by atoms with E-state index in [9.17, 15) is 0 Å². The van der Waals surface area contributed by atoms with Gasteiger partial charge in [0.2, 0.25) is 0 Å². The molecular weight excluding hydrogens is 1300 g/mol. The molecule has 0 nitrogen and oxygen atoms in total. The van der Waals surface area contributed by atoms with E-state index in [1.807, 2.05) is 0 Å². The van der Waals surface area contributed by atoms with Crippen molar-refractivity contribution in [2.24, 2.45) is 5.92 Å². The average Bonchev–Trinajstić information content (AvgIpc) is 0.758.